The van der Waals surface area contributed by atoms with E-state index in [1.165, 1.54) is 57.7 Å². The molecule has 140 valence electrons. The maximum absolute atomic E-state index is 11.5. The van der Waals surface area contributed by atoms with E-state index in [1.54, 1.807) is 0 Å². The van der Waals surface area contributed by atoms with Gasteiger partial charge in [-0.05, 0) is 91.8 Å². The van der Waals surface area contributed by atoms with Crippen molar-refractivity contribution < 1.29 is 9.53 Å². The monoisotopic (exact) mass is 344 g/mol. The number of methoxy groups -OCH3 is 1. The summed E-state index contributed by atoms with van der Waals surface area (Å²) < 4.78 is 6.18. The molecule has 0 unspecified atom stereocenters. The zero-order valence-corrected chi connectivity index (χ0v) is 16.6. The van der Waals surface area contributed by atoms with Gasteiger partial charge in [-0.3, -0.25) is 0 Å². The quantitative estimate of drug-likeness (QED) is 0.665. The lowest BCUT2D eigenvalue weighted by Gasteiger charge is -2.61. The molecule has 25 heavy (non-hydrogen) atoms. The number of carbonyl (C=O) groups excluding carboxylic acids is 1. The third kappa shape index (κ3) is 1.79. The standard InChI is InChI=1S/C23H36O2/c1-14(13-24)17-5-6-18-16-11-20(25-4)23-12-15(23)7-10-22(23,3)19(16)8-9-21(17,18)2/h13-20H,5-12H2,1-4H3/t14-,15+,16+,17-,18+,19+,20-,21-,22-,23+/m1/s1. The molecule has 1 spiro atoms. The molecule has 2 heteroatoms. The maximum atomic E-state index is 11.5. The van der Waals surface area contributed by atoms with Crippen LogP contribution in [0.2, 0.25) is 0 Å². The van der Waals surface area contributed by atoms with Gasteiger partial charge in [-0.15, -0.1) is 0 Å². The van der Waals surface area contributed by atoms with Gasteiger partial charge in [0.15, 0.2) is 0 Å². The van der Waals surface area contributed by atoms with Crippen LogP contribution >= 0.6 is 0 Å². The zero-order valence-electron chi connectivity index (χ0n) is 16.6. The van der Waals surface area contributed by atoms with Crippen LogP contribution in [0.4, 0.5) is 0 Å². The van der Waals surface area contributed by atoms with Crippen molar-refractivity contribution in [3.05, 3.63) is 0 Å². The van der Waals surface area contributed by atoms with Crippen LogP contribution in [0.25, 0.3) is 0 Å². The number of aldehydes is 1. The lowest BCUT2D eigenvalue weighted by molar-refractivity contribution is -0.161. The fourth-order valence-corrected chi connectivity index (χ4v) is 9.58. The molecule has 0 aromatic carbocycles. The normalized spacial score (nSPS) is 60.2. The molecule has 0 amide bonds. The van der Waals surface area contributed by atoms with Crippen LogP contribution in [0.15, 0.2) is 0 Å². The highest BCUT2D eigenvalue weighted by atomic mass is 16.5. The SMILES string of the molecule is CO[C@@H]1C[C@H]2[C@@H]3CC[C@H]([C@H](C)C=O)[C@@]3(C)CC[C@@H]2[C@@]2(C)CC[C@H]3C[C@]312. The first-order valence-corrected chi connectivity index (χ1v) is 10.9. The van der Waals surface area contributed by atoms with E-state index in [1.807, 2.05) is 7.11 Å². The molecule has 0 aromatic rings. The summed E-state index contributed by atoms with van der Waals surface area (Å²) >= 11 is 0. The average Bonchev–Trinajstić information content (AvgIpc) is 3.12. The lowest BCUT2D eigenvalue weighted by Crippen LogP contribution is -2.57. The Kier molecular flexibility index (Phi) is 3.43. The summed E-state index contributed by atoms with van der Waals surface area (Å²) in [7, 11) is 1.97. The predicted octanol–water partition coefficient (Wildman–Crippen LogP) is 5.11. The van der Waals surface area contributed by atoms with Crippen LogP contribution < -0.4 is 0 Å². The Labute approximate surface area is 153 Å². The van der Waals surface area contributed by atoms with Gasteiger partial charge in [-0.2, -0.15) is 0 Å². The molecule has 0 N–H and O–H groups in total. The highest BCUT2D eigenvalue weighted by Crippen LogP contribution is 2.82. The topological polar surface area (TPSA) is 26.3 Å². The number of hydrogen-bond acceptors (Lipinski definition) is 2. The van der Waals surface area contributed by atoms with Crippen molar-refractivity contribution in [3.63, 3.8) is 0 Å². The largest absolute Gasteiger partial charge is 0.381 e. The highest BCUT2D eigenvalue weighted by molar-refractivity contribution is 5.53. The van der Waals surface area contributed by atoms with Crippen molar-refractivity contribution in [3.8, 4) is 0 Å². The Morgan fingerprint density at radius 3 is 2.56 bits per heavy atom. The molecule has 0 bridgehead atoms. The van der Waals surface area contributed by atoms with E-state index in [9.17, 15) is 4.79 Å². The maximum Gasteiger partial charge on any atom is 0.123 e. The number of hydrogen-bond donors (Lipinski definition) is 0. The Balaban J connectivity index is 1.50. The number of fused-ring (bicyclic) bond motifs is 4. The van der Waals surface area contributed by atoms with Crippen LogP contribution in [0.3, 0.4) is 0 Å². The molecular weight excluding hydrogens is 308 g/mol. The van der Waals surface area contributed by atoms with Crippen LogP contribution in [-0.2, 0) is 9.53 Å². The molecule has 0 heterocycles. The summed E-state index contributed by atoms with van der Waals surface area (Å²) in [6.07, 6.45) is 12.7. The Morgan fingerprint density at radius 2 is 1.88 bits per heavy atom. The van der Waals surface area contributed by atoms with Crippen molar-refractivity contribution in [1.82, 2.24) is 0 Å². The van der Waals surface area contributed by atoms with Gasteiger partial charge >= 0.3 is 0 Å². The molecule has 5 rings (SSSR count). The molecule has 0 aromatic heterocycles. The van der Waals surface area contributed by atoms with E-state index in [-0.39, 0.29) is 5.92 Å². The van der Waals surface area contributed by atoms with E-state index in [2.05, 4.69) is 20.8 Å². The van der Waals surface area contributed by atoms with Gasteiger partial charge in [0.2, 0.25) is 0 Å². The van der Waals surface area contributed by atoms with Crippen molar-refractivity contribution in [2.24, 2.45) is 51.8 Å². The first-order chi connectivity index (χ1) is 11.9. The van der Waals surface area contributed by atoms with Crippen LogP contribution in [0.5, 0.6) is 0 Å². The first-order valence-electron chi connectivity index (χ1n) is 10.9. The lowest BCUT2D eigenvalue weighted by atomic mass is 9.45. The van der Waals surface area contributed by atoms with E-state index in [4.69, 9.17) is 4.74 Å². The molecule has 0 aliphatic heterocycles. The highest BCUT2D eigenvalue weighted by Gasteiger charge is 2.77. The number of carbonyl (C=O) groups is 1. The molecular formula is C23H36O2. The summed E-state index contributed by atoms with van der Waals surface area (Å²) in [6.45, 7) is 7.35. The summed E-state index contributed by atoms with van der Waals surface area (Å²) in [5.74, 6) is 4.37. The molecule has 0 radical (unpaired) electrons. The van der Waals surface area contributed by atoms with Gasteiger partial charge in [0.25, 0.3) is 0 Å². The average molecular weight is 345 g/mol. The molecule has 5 saturated carbocycles. The van der Waals surface area contributed by atoms with E-state index < -0.39 is 0 Å². The van der Waals surface area contributed by atoms with Crippen molar-refractivity contribution >= 4 is 6.29 Å². The molecule has 5 aliphatic carbocycles. The second kappa shape index (κ2) is 5.12. The van der Waals surface area contributed by atoms with Gasteiger partial charge in [-0.25, -0.2) is 0 Å². The summed E-state index contributed by atoms with van der Waals surface area (Å²) in [5, 5.41) is 0. The zero-order chi connectivity index (χ0) is 17.6. The predicted molar refractivity (Wildman–Crippen MR) is 99.1 cm³/mol. The smallest absolute Gasteiger partial charge is 0.123 e. The third-order valence-corrected chi connectivity index (χ3v) is 10.8. The minimum absolute atomic E-state index is 0.231. The minimum atomic E-state index is 0.231. The minimum Gasteiger partial charge on any atom is -0.381 e. The van der Waals surface area contributed by atoms with Gasteiger partial charge in [0.1, 0.15) is 6.29 Å². The van der Waals surface area contributed by atoms with E-state index >= 15 is 0 Å². The van der Waals surface area contributed by atoms with Crippen molar-refractivity contribution in [2.45, 2.75) is 78.2 Å². The first kappa shape index (κ1) is 16.8. The van der Waals surface area contributed by atoms with Gasteiger partial charge in [-0.1, -0.05) is 20.8 Å². The van der Waals surface area contributed by atoms with Crippen molar-refractivity contribution in [1.29, 1.82) is 0 Å². The molecule has 5 aliphatic rings. The van der Waals surface area contributed by atoms with E-state index in [0.717, 1.165) is 23.7 Å². The Hall–Kier alpha value is -0.370. The fraction of sp³-hybridized carbons (Fsp3) is 0.957. The molecule has 2 nitrogen and oxygen atoms in total. The Bertz CT molecular complexity index is 587. The molecule has 10 atom stereocenters. The van der Waals surface area contributed by atoms with Crippen LogP contribution in [-0.4, -0.2) is 19.5 Å². The second-order valence-corrected chi connectivity index (χ2v) is 11.0. The second-order valence-electron chi connectivity index (χ2n) is 11.0. The van der Waals surface area contributed by atoms with E-state index in [0.29, 0.717) is 28.3 Å². The summed E-state index contributed by atoms with van der Waals surface area (Å²) in [5.41, 5.74) is 1.45. The number of rotatable bonds is 3. The Morgan fingerprint density at radius 1 is 1.08 bits per heavy atom. The van der Waals surface area contributed by atoms with Gasteiger partial charge < -0.3 is 9.53 Å². The summed E-state index contributed by atoms with van der Waals surface area (Å²) in [6, 6.07) is 0. The molecule has 0 saturated heterocycles. The van der Waals surface area contributed by atoms with Gasteiger partial charge in [0, 0.05) is 18.4 Å². The van der Waals surface area contributed by atoms with Crippen molar-refractivity contribution in [2.75, 3.05) is 7.11 Å². The summed E-state index contributed by atoms with van der Waals surface area (Å²) in [4.78, 5) is 11.5. The van der Waals surface area contributed by atoms with Crippen LogP contribution in [0.1, 0.15) is 72.1 Å². The van der Waals surface area contributed by atoms with Crippen LogP contribution in [0, 0.1) is 51.8 Å². The molecule has 5 fully saturated rings. The van der Waals surface area contributed by atoms with Gasteiger partial charge in [0.05, 0.1) is 6.10 Å². The fourth-order valence-electron chi connectivity index (χ4n) is 9.58. The third-order valence-electron chi connectivity index (χ3n) is 10.8. The number of ether oxygens (including phenoxy) is 1.